The Balaban J connectivity index is 2.34. The first-order chi connectivity index (χ1) is 11.0. The third kappa shape index (κ3) is 3.88. The monoisotopic (exact) mass is 333 g/mol. The molecule has 0 N–H and O–H groups in total. The lowest BCUT2D eigenvalue weighted by molar-refractivity contribution is 0.0601. The van der Waals surface area contributed by atoms with E-state index in [2.05, 4.69) is 9.58 Å². The van der Waals surface area contributed by atoms with Crippen LogP contribution >= 0.6 is 11.3 Å². The summed E-state index contributed by atoms with van der Waals surface area (Å²) in [4.78, 5) is 15.4. The van der Waals surface area contributed by atoms with E-state index in [1.807, 2.05) is 13.8 Å². The van der Waals surface area contributed by atoms with Gasteiger partial charge in [0.25, 0.3) is 0 Å². The van der Waals surface area contributed by atoms with Crippen LogP contribution in [0.25, 0.3) is 15.3 Å². The number of rotatable bonds is 5. The zero-order valence-corrected chi connectivity index (χ0v) is 13.9. The van der Waals surface area contributed by atoms with Gasteiger partial charge >= 0.3 is 5.97 Å². The van der Waals surface area contributed by atoms with Crippen molar-refractivity contribution in [2.45, 2.75) is 13.8 Å². The van der Waals surface area contributed by atoms with Gasteiger partial charge in [-0.05, 0) is 29.7 Å². The number of thiophene rings is 1. The quantitative estimate of drug-likeness (QED) is 0.575. The van der Waals surface area contributed by atoms with Gasteiger partial charge in [-0.3, -0.25) is 0 Å². The van der Waals surface area contributed by atoms with Gasteiger partial charge in [-0.15, -0.1) is 11.3 Å². The van der Waals surface area contributed by atoms with Crippen molar-refractivity contribution in [2.75, 3.05) is 13.7 Å². The van der Waals surface area contributed by atoms with Gasteiger partial charge in [0.15, 0.2) is 0 Å². The Labute approximate surface area is 138 Å². The maximum atomic E-state index is 13.8. The molecule has 1 aromatic carbocycles. The second kappa shape index (κ2) is 7.25. The van der Waals surface area contributed by atoms with Crippen LogP contribution in [-0.4, -0.2) is 19.7 Å². The first-order valence-electron chi connectivity index (χ1n) is 6.98. The molecule has 1 heterocycles. The molecular weight excluding hydrogens is 317 g/mol. The molecular formula is C17H16FNO3S. The summed E-state index contributed by atoms with van der Waals surface area (Å²) in [5, 5.41) is 0. The van der Waals surface area contributed by atoms with Crippen molar-refractivity contribution in [3.63, 3.8) is 0 Å². The molecule has 0 spiro atoms. The smallest absolute Gasteiger partial charge is 0.351 e. The predicted molar refractivity (Wildman–Crippen MR) is 87.6 cm³/mol. The lowest BCUT2D eigenvalue weighted by Gasteiger charge is -2.11. The van der Waals surface area contributed by atoms with E-state index >= 15 is 0 Å². The maximum Gasteiger partial charge on any atom is 0.351 e. The minimum absolute atomic E-state index is 0.0769. The first-order valence-corrected chi connectivity index (χ1v) is 7.80. The van der Waals surface area contributed by atoms with Crippen molar-refractivity contribution in [1.29, 1.82) is 0 Å². The minimum Gasteiger partial charge on any atom is -0.504 e. The molecule has 0 saturated heterocycles. The Bertz CT molecular complexity index is 762. The highest BCUT2D eigenvalue weighted by atomic mass is 32.1. The van der Waals surface area contributed by atoms with Gasteiger partial charge in [0.2, 0.25) is 5.69 Å². The fourth-order valence-electron chi connectivity index (χ4n) is 1.88. The summed E-state index contributed by atoms with van der Waals surface area (Å²) in [5.74, 6) is -0.479. The average Bonchev–Trinajstić information content (AvgIpc) is 2.93. The normalized spacial score (nSPS) is 10.4. The summed E-state index contributed by atoms with van der Waals surface area (Å²) in [5.41, 5.74) is 1.02. The van der Waals surface area contributed by atoms with E-state index in [4.69, 9.17) is 11.3 Å². The number of hydrogen-bond donors (Lipinski definition) is 0. The molecule has 0 atom stereocenters. The number of carbonyl (C=O) groups excluding carboxylic acids is 1. The van der Waals surface area contributed by atoms with Gasteiger partial charge in [-0.1, -0.05) is 19.9 Å². The van der Waals surface area contributed by atoms with Gasteiger partial charge in [-0.2, -0.15) is 0 Å². The minimum atomic E-state index is -0.707. The Kier molecular flexibility index (Phi) is 5.35. The maximum absolute atomic E-state index is 13.8. The fourth-order valence-corrected chi connectivity index (χ4v) is 2.83. The van der Waals surface area contributed by atoms with Crippen LogP contribution in [0.2, 0.25) is 0 Å². The summed E-state index contributed by atoms with van der Waals surface area (Å²) < 4.78 is 24.0. The Hall–Kier alpha value is -2.39. The number of halogens is 1. The molecule has 4 nitrogen and oxygen atoms in total. The van der Waals surface area contributed by atoms with Crippen molar-refractivity contribution in [2.24, 2.45) is 5.92 Å². The van der Waals surface area contributed by atoms with Crippen molar-refractivity contribution in [3.8, 4) is 16.2 Å². The SMILES string of the molecule is [C-]#[N+]c1cc(-c2cc(F)c(C(=O)OC)s2)ccc1OCC(C)C. The van der Waals surface area contributed by atoms with Crippen LogP contribution in [0.1, 0.15) is 23.5 Å². The Morgan fingerprint density at radius 1 is 1.39 bits per heavy atom. The number of carbonyl (C=O) groups is 1. The zero-order chi connectivity index (χ0) is 17.0. The van der Waals surface area contributed by atoms with E-state index in [0.717, 1.165) is 11.3 Å². The molecule has 0 fully saturated rings. The van der Waals surface area contributed by atoms with Gasteiger partial charge in [0.1, 0.15) is 16.4 Å². The fraction of sp³-hybridized carbons (Fsp3) is 0.294. The summed E-state index contributed by atoms with van der Waals surface area (Å²) in [6.07, 6.45) is 0. The summed E-state index contributed by atoms with van der Waals surface area (Å²) in [7, 11) is 1.21. The molecule has 0 radical (unpaired) electrons. The third-order valence-electron chi connectivity index (χ3n) is 2.99. The van der Waals surface area contributed by atoms with Crippen molar-refractivity contribution in [3.05, 3.63) is 46.4 Å². The molecule has 0 saturated carbocycles. The van der Waals surface area contributed by atoms with E-state index < -0.39 is 11.8 Å². The molecule has 0 bridgehead atoms. The molecule has 2 aromatic rings. The molecule has 2 rings (SSSR count). The van der Waals surface area contributed by atoms with Crippen LogP contribution < -0.4 is 4.74 Å². The third-order valence-corrected chi connectivity index (χ3v) is 4.13. The van der Waals surface area contributed by atoms with Crippen LogP contribution in [0.3, 0.4) is 0 Å². The van der Waals surface area contributed by atoms with Gasteiger partial charge in [0, 0.05) is 4.88 Å². The summed E-state index contributed by atoms with van der Waals surface area (Å²) in [6.45, 7) is 11.8. The van der Waals surface area contributed by atoms with Crippen molar-refractivity contribution >= 4 is 23.0 Å². The zero-order valence-electron chi connectivity index (χ0n) is 13.1. The van der Waals surface area contributed by atoms with Gasteiger partial charge < -0.3 is 9.47 Å². The lowest BCUT2D eigenvalue weighted by atomic mass is 10.1. The van der Waals surface area contributed by atoms with Crippen LogP contribution in [0.15, 0.2) is 24.3 Å². The second-order valence-corrected chi connectivity index (χ2v) is 6.33. The van der Waals surface area contributed by atoms with E-state index in [-0.39, 0.29) is 4.88 Å². The van der Waals surface area contributed by atoms with E-state index in [1.54, 1.807) is 18.2 Å². The molecule has 6 heteroatoms. The number of nitrogens with zero attached hydrogens (tertiary/aromatic N) is 1. The number of esters is 1. The topological polar surface area (TPSA) is 39.9 Å². The number of ether oxygens (including phenoxy) is 2. The largest absolute Gasteiger partial charge is 0.504 e. The standard InChI is InChI=1S/C17H16FNO3S/c1-10(2)9-22-14-6-5-11(7-13(14)19-3)15-8-12(18)16(23-15)17(20)21-4/h5-8,10H,9H2,1-2,4H3. The highest BCUT2D eigenvalue weighted by molar-refractivity contribution is 7.17. The highest BCUT2D eigenvalue weighted by Crippen LogP contribution is 2.37. The molecule has 23 heavy (non-hydrogen) atoms. The molecule has 0 aliphatic carbocycles. The molecule has 1 aromatic heterocycles. The predicted octanol–water partition coefficient (Wildman–Crippen LogP) is 4.93. The van der Waals surface area contributed by atoms with Crippen molar-refractivity contribution < 1.29 is 18.7 Å². The van der Waals surface area contributed by atoms with Gasteiger partial charge in [0.05, 0.1) is 20.3 Å². The van der Waals surface area contributed by atoms with Crippen LogP contribution in [0.4, 0.5) is 10.1 Å². The molecule has 0 unspecified atom stereocenters. The van der Waals surface area contributed by atoms with Crippen molar-refractivity contribution in [1.82, 2.24) is 0 Å². The number of hydrogen-bond acceptors (Lipinski definition) is 4. The van der Waals surface area contributed by atoms with E-state index in [9.17, 15) is 9.18 Å². The summed E-state index contributed by atoms with van der Waals surface area (Å²) in [6, 6.07) is 6.35. The molecule has 0 aliphatic rings. The van der Waals surface area contributed by atoms with Crippen LogP contribution in [0, 0.1) is 18.3 Å². The number of benzene rings is 1. The van der Waals surface area contributed by atoms with E-state index in [0.29, 0.717) is 34.4 Å². The molecule has 0 amide bonds. The first kappa shape index (κ1) is 17.0. The average molecular weight is 333 g/mol. The highest BCUT2D eigenvalue weighted by Gasteiger charge is 2.18. The lowest BCUT2D eigenvalue weighted by Crippen LogP contribution is -2.04. The van der Waals surface area contributed by atoms with Gasteiger partial charge in [-0.25, -0.2) is 14.0 Å². The van der Waals surface area contributed by atoms with Crippen LogP contribution in [0.5, 0.6) is 5.75 Å². The summed E-state index contributed by atoms with van der Waals surface area (Å²) >= 11 is 0.995. The Morgan fingerprint density at radius 3 is 2.74 bits per heavy atom. The van der Waals surface area contributed by atoms with Crippen LogP contribution in [-0.2, 0) is 4.74 Å². The second-order valence-electron chi connectivity index (χ2n) is 5.28. The Morgan fingerprint density at radius 2 is 2.13 bits per heavy atom. The molecule has 120 valence electrons. The number of methoxy groups -OCH3 is 1. The van der Waals surface area contributed by atoms with E-state index in [1.165, 1.54) is 13.2 Å². The molecule has 0 aliphatic heterocycles.